The minimum absolute atomic E-state index is 0.141. The van der Waals surface area contributed by atoms with Crippen molar-refractivity contribution in [1.82, 2.24) is 4.98 Å². The van der Waals surface area contributed by atoms with Crippen LogP contribution < -0.4 is 5.32 Å². The maximum Gasteiger partial charge on any atom is 0.257 e. The summed E-state index contributed by atoms with van der Waals surface area (Å²) in [6.07, 6.45) is 0.856. The van der Waals surface area contributed by atoms with Gasteiger partial charge in [-0.15, -0.1) is 11.3 Å². The number of benzene rings is 3. The SMILES string of the molecule is Cc1ccc(-c2csc(NC(=O)c3ccc(Cc4ccccc4)cc3)n2)c(C)c1. The number of aryl methyl sites for hydroxylation is 2. The van der Waals surface area contributed by atoms with Gasteiger partial charge in [0.25, 0.3) is 5.91 Å². The molecule has 1 aromatic heterocycles. The third-order valence-electron chi connectivity index (χ3n) is 4.85. The number of hydrogen-bond acceptors (Lipinski definition) is 3. The van der Waals surface area contributed by atoms with E-state index in [1.54, 1.807) is 0 Å². The zero-order valence-corrected chi connectivity index (χ0v) is 17.3. The van der Waals surface area contributed by atoms with Crippen molar-refractivity contribution in [1.29, 1.82) is 0 Å². The molecule has 1 amide bonds. The Balaban J connectivity index is 1.44. The van der Waals surface area contributed by atoms with Crippen LogP contribution in [0.2, 0.25) is 0 Å². The summed E-state index contributed by atoms with van der Waals surface area (Å²) >= 11 is 1.44. The first kappa shape index (κ1) is 19.1. The summed E-state index contributed by atoms with van der Waals surface area (Å²) in [6, 6.07) is 24.4. The van der Waals surface area contributed by atoms with E-state index in [2.05, 4.69) is 54.5 Å². The fourth-order valence-electron chi connectivity index (χ4n) is 3.33. The molecule has 0 spiro atoms. The van der Waals surface area contributed by atoms with Gasteiger partial charge in [-0.2, -0.15) is 0 Å². The molecule has 0 atom stereocenters. The molecule has 1 heterocycles. The van der Waals surface area contributed by atoms with E-state index in [0.29, 0.717) is 10.7 Å². The van der Waals surface area contributed by atoms with Crippen LogP contribution in [0.15, 0.2) is 78.2 Å². The minimum atomic E-state index is -0.141. The van der Waals surface area contributed by atoms with Crippen molar-refractivity contribution >= 4 is 22.4 Å². The largest absolute Gasteiger partial charge is 0.298 e. The first-order chi connectivity index (χ1) is 14.1. The fraction of sp³-hybridized carbons (Fsp3) is 0.120. The molecule has 3 aromatic carbocycles. The van der Waals surface area contributed by atoms with E-state index in [-0.39, 0.29) is 5.91 Å². The Kier molecular flexibility index (Phi) is 5.54. The first-order valence-corrected chi connectivity index (χ1v) is 10.4. The molecule has 0 aliphatic carbocycles. The Hall–Kier alpha value is -3.24. The molecule has 1 N–H and O–H groups in total. The predicted octanol–water partition coefficient (Wildman–Crippen LogP) is 6.27. The van der Waals surface area contributed by atoms with E-state index < -0.39 is 0 Å². The quantitative estimate of drug-likeness (QED) is 0.430. The molecule has 0 unspecified atom stereocenters. The highest BCUT2D eigenvalue weighted by Gasteiger charge is 2.11. The average Bonchev–Trinajstić information content (AvgIpc) is 3.17. The summed E-state index contributed by atoms with van der Waals surface area (Å²) in [4.78, 5) is 17.2. The van der Waals surface area contributed by atoms with Crippen molar-refractivity contribution in [2.24, 2.45) is 0 Å². The van der Waals surface area contributed by atoms with E-state index in [9.17, 15) is 4.79 Å². The topological polar surface area (TPSA) is 42.0 Å². The Labute approximate surface area is 175 Å². The number of hydrogen-bond donors (Lipinski definition) is 1. The molecule has 0 bridgehead atoms. The van der Waals surface area contributed by atoms with Crippen molar-refractivity contribution in [3.63, 3.8) is 0 Å². The molecule has 144 valence electrons. The lowest BCUT2D eigenvalue weighted by Gasteiger charge is -2.05. The van der Waals surface area contributed by atoms with Crippen LogP contribution in [-0.4, -0.2) is 10.9 Å². The molecule has 4 rings (SSSR count). The molecule has 0 saturated heterocycles. The van der Waals surface area contributed by atoms with Gasteiger partial charge in [0.05, 0.1) is 5.69 Å². The number of rotatable bonds is 5. The van der Waals surface area contributed by atoms with Crippen LogP contribution in [0, 0.1) is 13.8 Å². The van der Waals surface area contributed by atoms with Gasteiger partial charge >= 0.3 is 0 Å². The van der Waals surface area contributed by atoms with Gasteiger partial charge in [0.1, 0.15) is 0 Å². The molecule has 0 aliphatic heterocycles. The van der Waals surface area contributed by atoms with Crippen LogP contribution in [0.1, 0.15) is 32.6 Å². The zero-order valence-electron chi connectivity index (χ0n) is 16.5. The predicted molar refractivity (Wildman–Crippen MR) is 121 cm³/mol. The van der Waals surface area contributed by atoms with Gasteiger partial charge < -0.3 is 0 Å². The van der Waals surface area contributed by atoms with Crippen LogP contribution in [0.3, 0.4) is 0 Å². The number of nitrogens with zero attached hydrogens (tertiary/aromatic N) is 1. The number of anilines is 1. The Bertz CT molecular complexity index is 1130. The summed E-state index contributed by atoms with van der Waals surface area (Å²) in [6.45, 7) is 4.16. The lowest BCUT2D eigenvalue weighted by atomic mass is 10.0. The number of carbonyl (C=O) groups excluding carboxylic acids is 1. The highest BCUT2D eigenvalue weighted by atomic mass is 32.1. The second kappa shape index (κ2) is 8.41. The van der Waals surface area contributed by atoms with Crippen molar-refractivity contribution < 1.29 is 4.79 Å². The van der Waals surface area contributed by atoms with Crippen LogP contribution in [0.25, 0.3) is 11.3 Å². The number of amides is 1. The second-order valence-corrected chi connectivity index (χ2v) is 8.03. The number of thiazole rings is 1. The van der Waals surface area contributed by atoms with E-state index >= 15 is 0 Å². The maximum atomic E-state index is 12.6. The summed E-state index contributed by atoms with van der Waals surface area (Å²) in [5, 5.41) is 5.51. The highest BCUT2D eigenvalue weighted by molar-refractivity contribution is 7.14. The van der Waals surface area contributed by atoms with Crippen LogP contribution in [-0.2, 0) is 6.42 Å². The van der Waals surface area contributed by atoms with Crippen LogP contribution in [0.4, 0.5) is 5.13 Å². The van der Waals surface area contributed by atoms with Crippen molar-refractivity contribution in [2.45, 2.75) is 20.3 Å². The van der Waals surface area contributed by atoms with E-state index in [1.165, 1.54) is 33.6 Å². The molecule has 3 nitrogen and oxygen atoms in total. The van der Waals surface area contributed by atoms with E-state index in [4.69, 9.17) is 0 Å². The van der Waals surface area contributed by atoms with Crippen molar-refractivity contribution in [3.05, 3.63) is 106 Å². The average molecular weight is 399 g/mol. The molecule has 29 heavy (non-hydrogen) atoms. The van der Waals surface area contributed by atoms with Crippen molar-refractivity contribution in [3.8, 4) is 11.3 Å². The first-order valence-electron chi connectivity index (χ1n) is 9.56. The summed E-state index contributed by atoms with van der Waals surface area (Å²) < 4.78 is 0. The molecule has 4 heteroatoms. The molecule has 0 saturated carbocycles. The standard InChI is InChI=1S/C25H22N2OS/c1-17-8-13-22(18(2)14-17)23-16-29-25(26-23)27-24(28)21-11-9-20(10-12-21)15-19-6-4-3-5-7-19/h3-14,16H,15H2,1-2H3,(H,26,27,28). The van der Waals surface area contributed by atoms with Gasteiger partial charge in [0.15, 0.2) is 5.13 Å². The molecule has 0 aliphatic rings. The fourth-order valence-corrected chi connectivity index (χ4v) is 4.04. The van der Waals surface area contributed by atoms with E-state index in [0.717, 1.165) is 17.7 Å². The highest BCUT2D eigenvalue weighted by Crippen LogP contribution is 2.28. The summed E-state index contributed by atoms with van der Waals surface area (Å²) in [5.41, 5.74) is 7.46. The molecule has 4 aromatic rings. The normalized spacial score (nSPS) is 10.7. The van der Waals surface area contributed by atoms with Crippen molar-refractivity contribution in [2.75, 3.05) is 5.32 Å². The Morgan fingerprint density at radius 2 is 1.66 bits per heavy atom. The second-order valence-electron chi connectivity index (χ2n) is 7.17. The van der Waals surface area contributed by atoms with Gasteiger partial charge in [0, 0.05) is 16.5 Å². The van der Waals surface area contributed by atoms with E-state index in [1.807, 2.05) is 47.8 Å². The Morgan fingerprint density at radius 1 is 0.931 bits per heavy atom. The minimum Gasteiger partial charge on any atom is -0.298 e. The molecular formula is C25H22N2OS. The van der Waals surface area contributed by atoms with Gasteiger partial charge in [-0.3, -0.25) is 10.1 Å². The van der Waals surface area contributed by atoms with Crippen LogP contribution in [0.5, 0.6) is 0 Å². The third kappa shape index (κ3) is 4.61. The smallest absolute Gasteiger partial charge is 0.257 e. The number of aromatic nitrogens is 1. The van der Waals surface area contributed by atoms with Gasteiger partial charge in [0.2, 0.25) is 0 Å². The zero-order chi connectivity index (χ0) is 20.2. The van der Waals surface area contributed by atoms with Gasteiger partial charge in [-0.05, 0) is 49.1 Å². The number of carbonyl (C=O) groups is 1. The number of nitrogens with one attached hydrogen (secondary N) is 1. The molecule has 0 radical (unpaired) electrons. The Morgan fingerprint density at radius 3 is 2.38 bits per heavy atom. The lowest BCUT2D eigenvalue weighted by Crippen LogP contribution is -2.11. The summed E-state index contributed by atoms with van der Waals surface area (Å²) in [5.74, 6) is -0.141. The maximum absolute atomic E-state index is 12.6. The monoisotopic (exact) mass is 398 g/mol. The molecular weight excluding hydrogens is 376 g/mol. The van der Waals surface area contributed by atoms with Gasteiger partial charge in [-0.1, -0.05) is 66.2 Å². The molecule has 0 fully saturated rings. The van der Waals surface area contributed by atoms with Gasteiger partial charge in [-0.25, -0.2) is 4.98 Å². The van der Waals surface area contributed by atoms with Crippen LogP contribution >= 0.6 is 11.3 Å². The third-order valence-corrected chi connectivity index (χ3v) is 5.61. The lowest BCUT2D eigenvalue weighted by molar-refractivity contribution is 0.102. The summed E-state index contributed by atoms with van der Waals surface area (Å²) in [7, 11) is 0.